The van der Waals surface area contributed by atoms with Crippen LogP contribution in [0, 0.1) is 0 Å². The largest absolute Gasteiger partial charge is 0.385 e. The van der Waals surface area contributed by atoms with E-state index in [2.05, 4.69) is 63.3 Å². The van der Waals surface area contributed by atoms with Crippen molar-refractivity contribution in [1.29, 1.82) is 0 Å². The zero-order valence-corrected chi connectivity index (χ0v) is 20.1. The Morgan fingerprint density at radius 3 is 2.59 bits per heavy atom. The summed E-state index contributed by atoms with van der Waals surface area (Å²) in [7, 11) is 3.88. The van der Waals surface area contributed by atoms with Gasteiger partial charge < -0.3 is 24.8 Å². The quantitative estimate of drug-likeness (QED) is 0.197. The minimum atomic E-state index is 0. The van der Waals surface area contributed by atoms with Gasteiger partial charge in [0.25, 0.3) is 0 Å². The highest BCUT2D eigenvalue weighted by atomic mass is 127. The Balaban J connectivity index is 0.00000420. The van der Waals surface area contributed by atoms with Crippen molar-refractivity contribution in [2.75, 3.05) is 46.9 Å². The maximum Gasteiger partial charge on any atom is 0.191 e. The van der Waals surface area contributed by atoms with Crippen molar-refractivity contribution >= 4 is 29.9 Å². The van der Waals surface area contributed by atoms with Gasteiger partial charge in [0.15, 0.2) is 5.96 Å². The highest BCUT2D eigenvalue weighted by molar-refractivity contribution is 14.0. The Labute approximate surface area is 192 Å². The van der Waals surface area contributed by atoms with Crippen molar-refractivity contribution in [2.24, 2.45) is 4.99 Å². The van der Waals surface area contributed by atoms with Crippen LogP contribution in [-0.4, -0.2) is 67.4 Å². The molecule has 1 aromatic carbocycles. The van der Waals surface area contributed by atoms with Gasteiger partial charge in [-0.2, -0.15) is 0 Å². The molecule has 29 heavy (non-hydrogen) atoms. The first-order chi connectivity index (χ1) is 13.7. The first-order valence-corrected chi connectivity index (χ1v) is 9.94. The highest BCUT2D eigenvalue weighted by Crippen LogP contribution is 2.07. The average molecular weight is 514 g/mol. The van der Waals surface area contributed by atoms with Gasteiger partial charge in [0.05, 0.1) is 12.9 Å². The van der Waals surface area contributed by atoms with Gasteiger partial charge in [0.1, 0.15) is 0 Å². The molecule has 0 atom stereocenters. The van der Waals surface area contributed by atoms with Crippen LogP contribution in [0.5, 0.6) is 0 Å². The number of methoxy groups -OCH3 is 1. The fourth-order valence-corrected chi connectivity index (χ4v) is 2.81. The minimum absolute atomic E-state index is 0. The molecule has 0 unspecified atom stereocenters. The summed E-state index contributed by atoms with van der Waals surface area (Å²) in [6.45, 7) is 8.10. The second-order valence-corrected chi connectivity index (χ2v) is 6.82. The summed E-state index contributed by atoms with van der Waals surface area (Å²) in [5.74, 6) is 0.857. The van der Waals surface area contributed by atoms with Crippen LogP contribution in [0.1, 0.15) is 24.5 Å². The van der Waals surface area contributed by atoms with Gasteiger partial charge in [-0.15, -0.1) is 24.0 Å². The smallest absolute Gasteiger partial charge is 0.191 e. The normalized spacial score (nSPS) is 11.4. The molecule has 7 nitrogen and oxygen atoms in total. The standard InChI is InChI=1S/C21H34N6O.HI/c1-4-23-21(24-11-13-26(2)12-5-15-28-3)25-16-19-6-8-20(9-7-19)17-27-14-10-22-18-27;/h6-10,14,18H,4-5,11-13,15-17H2,1-3H3,(H2,23,24,25);1H. The van der Waals surface area contributed by atoms with Crippen LogP contribution >= 0.6 is 24.0 Å². The maximum absolute atomic E-state index is 5.10. The lowest BCUT2D eigenvalue weighted by molar-refractivity contribution is 0.180. The van der Waals surface area contributed by atoms with Crippen molar-refractivity contribution in [3.05, 3.63) is 54.1 Å². The van der Waals surface area contributed by atoms with Crippen molar-refractivity contribution in [3.63, 3.8) is 0 Å². The molecule has 2 rings (SSSR count). The van der Waals surface area contributed by atoms with Gasteiger partial charge in [0.2, 0.25) is 0 Å². The highest BCUT2D eigenvalue weighted by Gasteiger charge is 2.01. The third-order valence-corrected chi connectivity index (χ3v) is 4.39. The average Bonchev–Trinajstić information content (AvgIpc) is 3.20. The van der Waals surface area contributed by atoms with Crippen molar-refractivity contribution in [2.45, 2.75) is 26.4 Å². The first kappa shape index (κ1) is 25.4. The van der Waals surface area contributed by atoms with Crippen LogP contribution in [0.3, 0.4) is 0 Å². The van der Waals surface area contributed by atoms with Crippen LogP contribution < -0.4 is 10.6 Å². The van der Waals surface area contributed by atoms with Crippen LogP contribution in [0.15, 0.2) is 48.0 Å². The van der Waals surface area contributed by atoms with E-state index in [1.165, 1.54) is 11.1 Å². The Bertz CT molecular complexity index is 675. The number of hydrogen-bond acceptors (Lipinski definition) is 4. The van der Waals surface area contributed by atoms with Gasteiger partial charge in [0, 0.05) is 58.8 Å². The number of aromatic nitrogens is 2. The number of benzene rings is 1. The van der Waals surface area contributed by atoms with Gasteiger partial charge >= 0.3 is 0 Å². The maximum atomic E-state index is 5.10. The molecule has 0 saturated carbocycles. The van der Waals surface area contributed by atoms with Gasteiger partial charge in [-0.3, -0.25) is 0 Å². The zero-order chi connectivity index (χ0) is 20.0. The lowest BCUT2D eigenvalue weighted by Gasteiger charge is -2.18. The van der Waals surface area contributed by atoms with Crippen LogP contribution in [0.25, 0.3) is 0 Å². The number of aliphatic imine (C=N–C) groups is 1. The zero-order valence-electron chi connectivity index (χ0n) is 17.8. The molecule has 0 bridgehead atoms. The Morgan fingerprint density at radius 2 is 1.93 bits per heavy atom. The molecule has 8 heteroatoms. The summed E-state index contributed by atoms with van der Waals surface area (Å²) < 4.78 is 7.16. The van der Waals surface area contributed by atoms with E-state index in [9.17, 15) is 0 Å². The van der Waals surface area contributed by atoms with E-state index >= 15 is 0 Å². The fourth-order valence-electron chi connectivity index (χ4n) is 2.81. The Kier molecular flexibility index (Phi) is 13.3. The molecule has 0 aliphatic carbocycles. The number of nitrogens with one attached hydrogen (secondary N) is 2. The van der Waals surface area contributed by atoms with E-state index in [1.807, 2.05) is 12.5 Å². The van der Waals surface area contributed by atoms with E-state index in [1.54, 1.807) is 13.3 Å². The number of guanidine groups is 1. The van der Waals surface area contributed by atoms with Gasteiger partial charge in [-0.1, -0.05) is 24.3 Å². The molecule has 0 saturated heterocycles. The van der Waals surface area contributed by atoms with E-state index in [-0.39, 0.29) is 24.0 Å². The molecule has 0 amide bonds. The monoisotopic (exact) mass is 514 g/mol. The number of likely N-dealkylation sites (N-methyl/N-ethyl adjacent to an activating group) is 1. The SMILES string of the molecule is CCNC(=NCc1ccc(Cn2ccnc2)cc1)NCCN(C)CCCOC.I. The third-order valence-electron chi connectivity index (χ3n) is 4.39. The van der Waals surface area contributed by atoms with E-state index in [4.69, 9.17) is 9.73 Å². The van der Waals surface area contributed by atoms with E-state index in [0.717, 1.165) is 51.7 Å². The van der Waals surface area contributed by atoms with E-state index < -0.39 is 0 Å². The number of ether oxygens (including phenoxy) is 1. The molecule has 0 radical (unpaired) electrons. The predicted octanol–water partition coefficient (Wildman–Crippen LogP) is 2.57. The van der Waals surface area contributed by atoms with Gasteiger partial charge in [-0.25, -0.2) is 9.98 Å². The molecule has 162 valence electrons. The molecular weight excluding hydrogens is 479 g/mol. The second-order valence-electron chi connectivity index (χ2n) is 6.82. The predicted molar refractivity (Wildman–Crippen MR) is 130 cm³/mol. The molecule has 1 aromatic heterocycles. The first-order valence-electron chi connectivity index (χ1n) is 9.94. The minimum Gasteiger partial charge on any atom is -0.385 e. The molecule has 1 heterocycles. The van der Waals surface area contributed by atoms with Crippen LogP contribution in [0.4, 0.5) is 0 Å². The third kappa shape index (κ3) is 10.6. The molecule has 0 fully saturated rings. The lowest BCUT2D eigenvalue weighted by atomic mass is 10.1. The topological polar surface area (TPSA) is 66.7 Å². The molecule has 2 N–H and O–H groups in total. The summed E-state index contributed by atoms with van der Waals surface area (Å²) in [5, 5.41) is 6.72. The number of hydrogen-bond donors (Lipinski definition) is 2. The summed E-state index contributed by atoms with van der Waals surface area (Å²) in [6.07, 6.45) is 6.66. The Morgan fingerprint density at radius 1 is 1.17 bits per heavy atom. The summed E-state index contributed by atoms with van der Waals surface area (Å²) >= 11 is 0. The molecular formula is C21H35IN6O. The summed E-state index contributed by atoms with van der Waals surface area (Å²) in [5.41, 5.74) is 2.45. The second kappa shape index (κ2) is 15.2. The number of nitrogens with zero attached hydrogens (tertiary/aromatic N) is 4. The van der Waals surface area contributed by atoms with Crippen LogP contribution in [-0.2, 0) is 17.8 Å². The lowest BCUT2D eigenvalue weighted by Crippen LogP contribution is -2.41. The summed E-state index contributed by atoms with van der Waals surface area (Å²) in [4.78, 5) is 11.1. The fraction of sp³-hybridized carbons (Fsp3) is 0.524. The number of halogens is 1. The van der Waals surface area contributed by atoms with Crippen LogP contribution in [0.2, 0.25) is 0 Å². The van der Waals surface area contributed by atoms with Crippen molar-refractivity contribution < 1.29 is 4.74 Å². The molecule has 0 aliphatic heterocycles. The van der Waals surface area contributed by atoms with Crippen molar-refractivity contribution in [1.82, 2.24) is 25.1 Å². The number of rotatable bonds is 12. The Hall–Kier alpha value is -1.65. The molecule has 2 aromatic rings. The molecule has 0 spiro atoms. The van der Waals surface area contributed by atoms with Gasteiger partial charge in [-0.05, 0) is 31.5 Å². The van der Waals surface area contributed by atoms with Crippen molar-refractivity contribution in [3.8, 4) is 0 Å². The van der Waals surface area contributed by atoms with E-state index in [0.29, 0.717) is 6.54 Å². The summed E-state index contributed by atoms with van der Waals surface area (Å²) in [6, 6.07) is 8.59. The molecule has 0 aliphatic rings. The number of imidazole rings is 1.